The zero-order valence-corrected chi connectivity index (χ0v) is 31.3. The van der Waals surface area contributed by atoms with E-state index in [1.807, 2.05) is 30.3 Å². The van der Waals surface area contributed by atoms with Crippen molar-refractivity contribution in [1.29, 1.82) is 0 Å². The van der Waals surface area contributed by atoms with Crippen molar-refractivity contribution in [2.24, 2.45) is 0 Å². The van der Waals surface area contributed by atoms with Gasteiger partial charge in [-0.1, -0.05) is 91.0 Å². The molecule has 6 heteroatoms. The molecule has 6 nitrogen and oxygen atoms in total. The monoisotopic (exact) mass is 732 g/mol. The van der Waals surface area contributed by atoms with Gasteiger partial charge in [-0.05, 0) is 138 Å². The minimum absolute atomic E-state index is 0.0235. The number of esters is 2. The lowest BCUT2D eigenvalue weighted by Gasteiger charge is -2.35. The second-order valence-corrected chi connectivity index (χ2v) is 14.0. The molecule has 1 aliphatic carbocycles. The Kier molecular flexibility index (Phi) is 9.78. The van der Waals surface area contributed by atoms with Gasteiger partial charge in [-0.15, -0.1) is 0 Å². The van der Waals surface area contributed by atoms with Gasteiger partial charge in [0.25, 0.3) is 0 Å². The van der Waals surface area contributed by atoms with Gasteiger partial charge >= 0.3 is 11.9 Å². The molecular weight excluding hydrogens is 693 g/mol. The van der Waals surface area contributed by atoms with Crippen LogP contribution in [0.3, 0.4) is 0 Å². The summed E-state index contributed by atoms with van der Waals surface area (Å²) in [6.07, 6.45) is 7.36. The SMILES string of the molecule is C=CC(=O)Oc1ccc2c(c1)C=CC(N(c1ccc3cc(OC(=O)C=C)ccc3c1)c1ccc3cc(N(c4ccc(C)cc4)c4ccc(C)cc4)ccc3c1)C2. The Morgan fingerprint density at radius 1 is 0.554 bits per heavy atom. The number of hydrogen-bond acceptors (Lipinski definition) is 6. The van der Waals surface area contributed by atoms with Gasteiger partial charge in [0, 0.05) is 40.6 Å². The number of aryl methyl sites for hydroxylation is 2. The second-order valence-electron chi connectivity index (χ2n) is 14.0. The highest BCUT2D eigenvalue weighted by Crippen LogP contribution is 2.40. The maximum Gasteiger partial charge on any atom is 0.335 e. The molecule has 8 rings (SSSR count). The predicted molar refractivity (Wildman–Crippen MR) is 229 cm³/mol. The quantitative estimate of drug-likeness (QED) is 0.0793. The molecule has 0 spiro atoms. The third-order valence-corrected chi connectivity index (χ3v) is 10.1. The van der Waals surface area contributed by atoms with Crippen LogP contribution in [0.25, 0.3) is 27.6 Å². The van der Waals surface area contributed by atoms with Gasteiger partial charge in [0.2, 0.25) is 0 Å². The summed E-state index contributed by atoms with van der Waals surface area (Å²) in [6, 6.07) is 48.3. The fourth-order valence-electron chi connectivity index (χ4n) is 7.28. The van der Waals surface area contributed by atoms with Gasteiger partial charge in [0.05, 0.1) is 6.04 Å². The molecule has 0 saturated carbocycles. The van der Waals surface area contributed by atoms with Gasteiger partial charge in [-0.3, -0.25) is 0 Å². The maximum atomic E-state index is 11.9. The van der Waals surface area contributed by atoms with Crippen LogP contribution in [0, 0.1) is 13.8 Å². The highest BCUT2D eigenvalue weighted by atomic mass is 16.5. The van der Waals surface area contributed by atoms with Crippen LogP contribution in [0.4, 0.5) is 28.4 Å². The summed E-state index contributed by atoms with van der Waals surface area (Å²) in [4.78, 5) is 28.4. The van der Waals surface area contributed by atoms with Crippen LogP contribution in [-0.4, -0.2) is 18.0 Å². The lowest BCUT2D eigenvalue weighted by Crippen LogP contribution is -2.33. The normalized spacial score (nSPS) is 13.1. The number of carbonyl (C=O) groups is 2. The van der Waals surface area contributed by atoms with E-state index >= 15 is 0 Å². The molecule has 0 amide bonds. The summed E-state index contributed by atoms with van der Waals surface area (Å²) in [7, 11) is 0. The topological polar surface area (TPSA) is 59.1 Å². The Morgan fingerprint density at radius 3 is 1.55 bits per heavy atom. The summed E-state index contributed by atoms with van der Waals surface area (Å²) in [5, 5.41) is 4.21. The van der Waals surface area contributed by atoms with Crippen molar-refractivity contribution in [3.05, 3.63) is 193 Å². The van der Waals surface area contributed by atoms with Crippen LogP contribution >= 0.6 is 0 Å². The molecule has 0 radical (unpaired) electrons. The maximum absolute atomic E-state index is 11.9. The standard InChI is InChI=1S/C50H40N2O4/c1-5-49(53)55-47-25-15-37-29-45(23-13-39(37)31-47)52(46-24-14-40-32-48(56-50(54)6-2)26-16-38(40)30-46)44-22-12-35-27-43(21-11-36(35)28-44)51(41-17-7-33(3)8-18-41)42-19-9-34(4)10-20-42/h5-29,31-32,46H,1-2,30H2,3-4H3. The van der Waals surface area contributed by atoms with Crippen molar-refractivity contribution >= 4 is 68.0 Å². The number of carbonyl (C=O) groups excluding carboxylic acids is 2. The fourth-order valence-corrected chi connectivity index (χ4v) is 7.28. The molecule has 0 fully saturated rings. The van der Waals surface area contributed by atoms with Crippen LogP contribution in [0.1, 0.15) is 22.3 Å². The zero-order chi connectivity index (χ0) is 38.8. The average Bonchev–Trinajstić information content (AvgIpc) is 3.22. The fraction of sp³-hybridized carbons (Fsp3) is 0.0800. The molecule has 7 aromatic rings. The summed E-state index contributed by atoms with van der Waals surface area (Å²) in [5.74, 6) is -0.0332. The Labute approximate surface area is 326 Å². The van der Waals surface area contributed by atoms with E-state index in [4.69, 9.17) is 9.47 Å². The molecule has 1 unspecified atom stereocenters. The first-order chi connectivity index (χ1) is 27.2. The Morgan fingerprint density at radius 2 is 1.00 bits per heavy atom. The first kappa shape index (κ1) is 35.8. The van der Waals surface area contributed by atoms with Crippen LogP contribution in [0.15, 0.2) is 171 Å². The molecule has 1 atom stereocenters. The van der Waals surface area contributed by atoms with Gasteiger partial charge in [0.15, 0.2) is 0 Å². The molecule has 0 heterocycles. The predicted octanol–water partition coefficient (Wildman–Crippen LogP) is 12.0. The Bertz CT molecular complexity index is 2630. The van der Waals surface area contributed by atoms with E-state index in [0.29, 0.717) is 11.5 Å². The molecule has 0 bridgehead atoms. The van der Waals surface area contributed by atoms with Gasteiger partial charge in [-0.2, -0.15) is 0 Å². The molecule has 7 aromatic carbocycles. The first-order valence-corrected chi connectivity index (χ1v) is 18.5. The van der Waals surface area contributed by atoms with Crippen molar-refractivity contribution in [1.82, 2.24) is 0 Å². The van der Waals surface area contributed by atoms with E-state index in [9.17, 15) is 9.59 Å². The summed E-state index contributed by atoms with van der Waals surface area (Å²) >= 11 is 0. The van der Waals surface area contributed by atoms with E-state index in [0.717, 1.165) is 79.7 Å². The van der Waals surface area contributed by atoms with Crippen LogP contribution in [0.5, 0.6) is 11.5 Å². The highest BCUT2D eigenvalue weighted by molar-refractivity contribution is 5.94. The molecule has 1 aliphatic rings. The minimum Gasteiger partial charge on any atom is -0.423 e. The first-order valence-electron chi connectivity index (χ1n) is 18.5. The smallest absolute Gasteiger partial charge is 0.335 e. The molecule has 0 aromatic heterocycles. The summed E-state index contributed by atoms with van der Waals surface area (Å²) in [6.45, 7) is 11.2. The van der Waals surface area contributed by atoms with Crippen molar-refractivity contribution in [3.63, 3.8) is 0 Å². The number of fused-ring (bicyclic) bond motifs is 3. The highest BCUT2D eigenvalue weighted by Gasteiger charge is 2.24. The van der Waals surface area contributed by atoms with E-state index in [2.05, 4.69) is 152 Å². The van der Waals surface area contributed by atoms with Gasteiger partial charge in [0.1, 0.15) is 11.5 Å². The Hall–Kier alpha value is -7.18. The van der Waals surface area contributed by atoms with Crippen LogP contribution in [-0.2, 0) is 16.0 Å². The Balaban J connectivity index is 1.19. The van der Waals surface area contributed by atoms with Crippen molar-refractivity contribution in [3.8, 4) is 11.5 Å². The number of benzene rings is 7. The largest absolute Gasteiger partial charge is 0.423 e. The third-order valence-electron chi connectivity index (χ3n) is 10.1. The number of rotatable bonds is 10. The number of nitrogens with zero attached hydrogens (tertiary/aromatic N) is 2. The zero-order valence-electron chi connectivity index (χ0n) is 31.3. The minimum atomic E-state index is -0.496. The molecule has 0 aliphatic heterocycles. The molecular formula is C50H40N2O4. The second kappa shape index (κ2) is 15.3. The van der Waals surface area contributed by atoms with Crippen molar-refractivity contribution in [2.45, 2.75) is 26.3 Å². The number of hydrogen-bond donors (Lipinski definition) is 0. The van der Waals surface area contributed by atoms with Gasteiger partial charge in [-0.25, -0.2) is 9.59 Å². The molecule has 0 N–H and O–H groups in total. The lowest BCUT2D eigenvalue weighted by atomic mass is 9.92. The van der Waals surface area contributed by atoms with Gasteiger partial charge < -0.3 is 19.3 Å². The summed E-state index contributed by atoms with van der Waals surface area (Å²) < 4.78 is 10.8. The van der Waals surface area contributed by atoms with E-state index < -0.39 is 11.9 Å². The van der Waals surface area contributed by atoms with Crippen LogP contribution in [0.2, 0.25) is 0 Å². The molecule has 56 heavy (non-hydrogen) atoms. The van der Waals surface area contributed by atoms with E-state index in [1.54, 1.807) is 6.07 Å². The van der Waals surface area contributed by atoms with E-state index in [1.165, 1.54) is 11.1 Å². The molecule has 274 valence electrons. The number of anilines is 5. The van der Waals surface area contributed by atoms with Crippen LogP contribution < -0.4 is 19.3 Å². The van der Waals surface area contributed by atoms with Crippen molar-refractivity contribution in [2.75, 3.05) is 9.80 Å². The lowest BCUT2D eigenvalue weighted by molar-refractivity contribution is -0.129. The average molecular weight is 733 g/mol. The van der Waals surface area contributed by atoms with Crippen molar-refractivity contribution < 1.29 is 19.1 Å². The van der Waals surface area contributed by atoms with E-state index in [-0.39, 0.29) is 6.04 Å². The number of ether oxygens (including phenoxy) is 2. The summed E-state index contributed by atoms with van der Waals surface area (Å²) in [5.41, 5.74) is 9.92. The third kappa shape index (κ3) is 7.46. The molecule has 0 saturated heterocycles.